The van der Waals surface area contributed by atoms with Crippen molar-refractivity contribution < 1.29 is 22.3 Å². The van der Waals surface area contributed by atoms with Gasteiger partial charge >= 0.3 is 0 Å². The highest BCUT2D eigenvalue weighted by molar-refractivity contribution is 7.93. The lowest BCUT2D eigenvalue weighted by atomic mass is 10.2. The first-order chi connectivity index (χ1) is 16.2. The van der Waals surface area contributed by atoms with Gasteiger partial charge in [-0.2, -0.15) is 0 Å². The third kappa shape index (κ3) is 4.55. The van der Waals surface area contributed by atoms with Crippen molar-refractivity contribution >= 4 is 27.6 Å². The molecule has 14 heteroatoms. The zero-order valence-corrected chi connectivity index (χ0v) is 20.2. The molecule has 0 radical (unpaired) electrons. The van der Waals surface area contributed by atoms with Crippen LogP contribution in [0.4, 0.5) is 10.3 Å². The molecule has 0 bridgehead atoms. The van der Waals surface area contributed by atoms with Gasteiger partial charge in [-0.25, -0.2) is 27.8 Å². The minimum Gasteiger partial charge on any atom is -0.481 e. The summed E-state index contributed by atoms with van der Waals surface area (Å²) in [7, 11) is -1.28. The number of halogens is 2. The third-order valence-electron chi connectivity index (χ3n) is 5.67. The number of ether oxygens (including phenoxy) is 2. The predicted molar refractivity (Wildman–Crippen MR) is 122 cm³/mol. The Kier molecular flexibility index (Phi) is 6.69. The highest BCUT2D eigenvalue weighted by Gasteiger charge is 2.49. The van der Waals surface area contributed by atoms with Gasteiger partial charge in [0.2, 0.25) is 21.9 Å². The first kappa shape index (κ1) is 24.2. The van der Waals surface area contributed by atoms with E-state index in [0.29, 0.717) is 29.4 Å². The Bertz CT molecular complexity index is 1270. The van der Waals surface area contributed by atoms with Gasteiger partial charge in [0.05, 0.1) is 17.7 Å². The fraction of sp³-hybridized carbons (Fsp3) is 0.450. The standard InChI is InChI=1S/C20H23ClFN7O4S/c1-12(16(33-3)17-23-9-13(21)10-24-17)34(30,31)28-19-27-26-18(29(19)20(11-22)7-8-20)14-5-4-6-15(25-14)32-2/h4-6,9-10,12,16H,7-8,11H2,1-3H3,(H,27,28). The zero-order valence-electron chi connectivity index (χ0n) is 18.6. The monoisotopic (exact) mass is 511 g/mol. The Labute approximate surface area is 200 Å². The number of nitrogens with one attached hydrogen (secondary N) is 1. The fourth-order valence-corrected chi connectivity index (χ4v) is 4.77. The summed E-state index contributed by atoms with van der Waals surface area (Å²) in [6.45, 7) is 0.730. The Morgan fingerprint density at radius 2 is 1.94 bits per heavy atom. The zero-order chi connectivity index (χ0) is 24.5. The van der Waals surface area contributed by atoms with Crippen LogP contribution in [0.1, 0.15) is 31.7 Å². The second-order valence-corrected chi connectivity index (χ2v) is 10.3. The third-order valence-corrected chi connectivity index (χ3v) is 7.56. The molecule has 182 valence electrons. The lowest BCUT2D eigenvalue weighted by Crippen LogP contribution is -2.34. The number of nitrogens with zero attached hydrogens (tertiary/aromatic N) is 6. The van der Waals surface area contributed by atoms with Crippen molar-refractivity contribution in [1.82, 2.24) is 29.7 Å². The van der Waals surface area contributed by atoms with Crippen molar-refractivity contribution in [2.24, 2.45) is 0 Å². The predicted octanol–water partition coefficient (Wildman–Crippen LogP) is 2.77. The highest BCUT2D eigenvalue weighted by atomic mass is 35.5. The van der Waals surface area contributed by atoms with E-state index < -0.39 is 33.6 Å². The molecule has 2 unspecified atom stereocenters. The van der Waals surface area contributed by atoms with E-state index >= 15 is 0 Å². The van der Waals surface area contributed by atoms with E-state index in [1.165, 1.54) is 38.1 Å². The molecular formula is C20H23ClFN7O4S. The summed E-state index contributed by atoms with van der Waals surface area (Å²) in [5, 5.41) is 7.32. The molecule has 4 rings (SSSR count). The number of anilines is 1. The van der Waals surface area contributed by atoms with E-state index in [1.54, 1.807) is 18.2 Å². The lowest BCUT2D eigenvalue weighted by molar-refractivity contribution is 0.0950. The summed E-state index contributed by atoms with van der Waals surface area (Å²) in [6, 6.07) is 5.02. The van der Waals surface area contributed by atoms with Crippen molar-refractivity contribution in [2.45, 2.75) is 36.7 Å². The van der Waals surface area contributed by atoms with E-state index in [9.17, 15) is 12.8 Å². The van der Waals surface area contributed by atoms with Gasteiger partial charge in [0.25, 0.3) is 0 Å². The van der Waals surface area contributed by atoms with Crippen LogP contribution in [0.2, 0.25) is 5.02 Å². The maximum atomic E-state index is 14.1. The Balaban J connectivity index is 1.70. The second kappa shape index (κ2) is 9.39. The molecule has 0 amide bonds. The van der Waals surface area contributed by atoms with Gasteiger partial charge in [0.15, 0.2) is 11.6 Å². The molecule has 3 aromatic heterocycles. The number of aromatic nitrogens is 6. The average Bonchev–Trinajstić information content (AvgIpc) is 3.53. The van der Waals surface area contributed by atoms with E-state index in [4.69, 9.17) is 21.1 Å². The number of pyridine rings is 1. The van der Waals surface area contributed by atoms with E-state index in [1.807, 2.05) is 0 Å². The number of hydrogen-bond acceptors (Lipinski definition) is 9. The quantitative estimate of drug-likeness (QED) is 0.436. The van der Waals surface area contributed by atoms with Crippen molar-refractivity contribution in [3.8, 4) is 17.4 Å². The van der Waals surface area contributed by atoms with Crippen LogP contribution in [0.3, 0.4) is 0 Å². The Morgan fingerprint density at radius 3 is 2.53 bits per heavy atom. The molecule has 1 N–H and O–H groups in total. The maximum Gasteiger partial charge on any atom is 0.240 e. The first-order valence-electron chi connectivity index (χ1n) is 10.3. The number of hydrogen-bond donors (Lipinski definition) is 1. The second-order valence-electron chi connectivity index (χ2n) is 7.87. The highest BCUT2D eigenvalue weighted by Crippen LogP contribution is 2.47. The smallest absolute Gasteiger partial charge is 0.240 e. The molecule has 0 aliphatic heterocycles. The van der Waals surface area contributed by atoms with Crippen LogP contribution in [-0.2, 0) is 20.3 Å². The summed E-state index contributed by atoms with van der Waals surface area (Å²) in [5.74, 6) is 0.589. The lowest BCUT2D eigenvalue weighted by Gasteiger charge is -2.23. The topological polar surface area (TPSA) is 134 Å². The molecular weight excluding hydrogens is 489 g/mol. The van der Waals surface area contributed by atoms with Crippen molar-refractivity contribution in [1.29, 1.82) is 0 Å². The molecule has 0 spiro atoms. The van der Waals surface area contributed by atoms with Crippen LogP contribution in [-0.4, -0.2) is 64.3 Å². The van der Waals surface area contributed by atoms with Gasteiger partial charge < -0.3 is 9.47 Å². The fourth-order valence-electron chi connectivity index (χ4n) is 3.54. The molecule has 3 heterocycles. The number of alkyl halides is 1. The molecule has 1 aliphatic rings. The summed E-state index contributed by atoms with van der Waals surface area (Å²) >= 11 is 5.83. The van der Waals surface area contributed by atoms with Gasteiger partial charge in [-0.3, -0.25) is 9.29 Å². The summed E-state index contributed by atoms with van der Waals surface area (Å²) < 4.78 is 55.1. The maximum absolute atomic E-state index is 14.1. The summed E-state index contributed by atoms with van der Waals surface area (Å²) in [5.41, 5.74) is -0.584. The van der Waals surface area contributed by atoms with E-state index in [2.05, 4.69) is 29.9 Å². The van der Waals surface area contributed by atoms with E-state index in [0.717, 1.165) is 0 Å². The van der Waals surface area contributed by atoms with Gasteiger partial charge in [-0.15, -0.1) is 10.2 Å². The number of rotatable bonds is 10. The van der Waals surface area contributed by atoms with Crippen LogP contribution in [0.15, 0.2) is 30.6 Å². The number of sulfonamides is 1. The molecule has 1 saturated carbocycles. The molecule has 1 fully saturated rings. The van der Waals surface area contributed by atoms with Gasteiger partial charge in [0.1, 0.15) is 23.7 Å². The Hall–Kier alpha value is -2.90. The first-order valence-corrected chi connectivity index (χ1v) is 12.2. The Morgan fingerprint density at radius 1 is 1.24 bits per heavy atom. The van der Waals surface area contributed by atoms with Crippen LogP contribution in [0.5, 0.6) is 5.88 Å². The summed E-state index contributed by atoms with van der Waals surface area (Å²) in [4.78, 5) is 12.5. The molecule has 3 aromatic rings. The molecule has 0 saturated heterocycles. The molecule has 34 heavy (non-hydrogen) atoms. The number of methoxy groups -OCH3 is 2. The summed E-state index contributed by atoms with van der Waals surface area (Å²) in [6.07, 6.45) is 2.71. The largest absolute Gasteiger partial charge is 0.481 e. The molecule has 0 aromatic carbocycles. The van der Waals surface area contributed by atoms with Gasteiger partial charge in [-0.1, -0.05) is 17.7 Å². The van der Waals surface area contributed by atoms with Crippen LogP contribution in [0, 0.1) is 0 Å². The normalized spacial score (nSPS) is 16.6. The SMILES string of the molecule is COc1cccc(-c2nnc(NS(=O)(=O)C(C)C(OC)c3ncc(Cl)cn3)n2C2(CF)CC2)n1. The minimum absolute atomic E-state index is 0.117. The van der Waals surface area contributed by atoms with Crippen LogP contribution in [0.25, 0.3) is 11.5 Å². The van der Waals surface area contributed by atoms with E-state index in [-0.39, 0.29) is 17.6 Å². The van der Waals surface area contributed by atoms with Crippen molar-refractivity contribution in [2.75, 3.05) is 25.6 Å². The van der Waals surface area contributed by atoms with Gasteiger partial charge in [0, 0.05) is 25.6 Å². The van der Waals surface area contributed by atoms with Crippen molar-refractivity contribution in [3.05, 3.63) is 41.4 Å². The molecule has 2 atom stereocenters. The van der Waals surface area contributed by atoms with Crippen LogP contribution < -0.4 is 9.46 Å². The molecule has 11 nitrogen and oxygen atoms in total. The minimum atomic E-state index is -4.11. The molecule has 1 aliphatic carbocycles. The van der Waals surface area contributed by atoms with Crippen LogP contribution >= 0.6 is 11.6 Å². The van der Waals surface area contributed by atoms with Crippen molar-refractivity contribution in [3.63, 3.8) is 0 Å². The average molecular weight is 512 g/mol. The van der Waals surface area contributed by atoms with Gasteiger partial charge in [-0.05, 0) is 25.8 Å².